The Kier molecular flexibility index (Phi) is 4.11. The first-order chi connectivity index (χ1) is 9.66. The van der Waals surface area contributed by atoms with E-state index in [0.29, 0.717) is 37.1 Å². The molecule has 7 heteroatoms. The highest BCUT2D eigenvalue weighted by Gasteiger charge is 2.38. The van der Waals surface area contributed by atoms with Gasteiger partial charge in [0.2, 0.25) is 5.89 Å². The molecule has 1 fully saturated rings. The quantitative estimate of drug-likeness (QED) is 0.849. The predicted molar refractivity (Wildman–Crippen MR) is 79.3 cm³/mol. The van der Waals surface area contributed by atoms with E-state index < -0.39 is 5.54 Å². The molecule has 0 spiro atoms. The number of hydrogen-bond donors (Lipinski definition) is 1. The van der Waals surface area contributed by atoms with Crippen LogP contribution in [0.1, 0.15) is 18.1 Å². The molecule has 0 saturated carbocycles. The van der Waals surface area contributed by atoms with E-state index >= 15 is 0 Å². The Morgan fingerprint density at radius 2 is 2.15 bits per heavy atom. The topological polar surface area (TPSA) is 74.2 Å². The lowest BCUT2D eigenvalue weighted by Gasteiger charge is -2.14. The van der Waals surface area contributed by atoms with Gasteiger partial charge < -0.3 is 15.0 Å². The van der Waals surface area contributed by atoms with Crippen LogP contribution >= 0.6 is 27.7 Å². The van der Waals surface area contributed by atoms with Gasteiger partial charge in [-0.25, -0.2) is 0 Å². The second kappa shape index (κ2) is 5.85. The third-order valence-electron chi connectivity index (χ3n) is 3.13. The summed E-state index contributed by atoms with van der Waals surface area (Å²) in [5.41, 5.74) is 5.57. The van der Waals surface area contributed by atoms with E-state index in [2.05, 4.69) is 26.1 Å². The second-order valence-corrected chi connectivity index (χ2v) is 6.68. The molecule has 1 unspecified atom stereocenters. The monoisotopic (exact) mass is 355 g/mol. The molecule has 2 aromatic rings. The highest BCUT2D eigenvalue weighted by molar-refractivity contribution is 9.10. The van der Waals surface area contributed by atoms with Crippen molar-refractivity contribution in [1.82, 2.24) is 10.1 Å². The van der Waals surface area contributed by atoms with Crippen molar-refractivity contribution in [3.05, 3.63) is 40.5 Å². The molecule has 5 nitrogen and oxygen atoms in total. The number of aromatic nitrogens is 2. The first kappa shape index (κ1) is 14.1. The molecular formula is C13H14BrN3O2S. The van der Waals surface area contributed by atoms with Crippen molar-refractivity contribution in [1.29, 1.82) is 0 Å². The molecule has 1 aromatic heterocycles. The Labute approximate surface area is 129 Å². The summed E-state index contributed by atoms with van der Waals surface area (Å²) in [5, 5.41) is 3.99. The summed E-state index contributed by atoms with van der Waals surface area (Å²) in [4.78, 5) is 5.54. The maximum absolute atomic E-state index is 6.18. The first-order valence-electron chi connectivity index (χ1n) is 6.24. The van der Waals surface area contributed by atoms with Gasteiger partial charge in [-0.1, -0.05) is 21.1 Å². The van der Waals surface area contributed by atoms with Crippen molar-refractivity contribution in [3.63, 3.8) is 0 Å². The van der Waals surface area contributed by atoms with Gasteiger partial charge in [-0.05, 0) is 30.7 Å². The second-order valence-electron chi connectivity index (χ2n) is 4.72. The van der Waals surface area contributed by atoms with Crippen molar-refractivity contribution in [3.8, 4) is 0 Å². The third kappa shape index (κ3) is 3.06. The van der Waals surface area contributed by atoms with E-state index in [9.17, 15) is 0 Å². The number of nitrogens with two attached hydrogens (primary N) is 1. The first-order valence-corrected chi connectivity index (χ1v) is 8.02. The number of nitrogens with zero attached hydrogens (tertiary/aromatic N) is 2. The van der Waals surface area contributed by atoms with Gasteiger partial charge in [0.25, 0.3) is 0 Å². The standard InChI is InChI=1S/C13H14BrN3O2S/c14-9-1-3-10(4-2-9)20-7-11-16-12(19-17-11)13(15)5-6-18-8-13/h1-4H,5-8,15H2. The fourth-order valence-corrected chi connectivity index (χ4v) is 2.95. The summed E-state index contributed by atoms with van der Waals surface area (Å²) in [6.45, 7) is 1.08. The molecule has 0 bridgehead atoms. The van der Waals surface area contributed by atoms with Gasteiger partial charge in [-0.15, -0.1) is 11.8 Å². The summed E-state index contributed by atoms with van der Waals surface area (Å²) in [7, 11) is 0. The van der Waals surface area contributed by atoms with E-state index in [-0.39, 0.29) is 0 Å². The normalized spacial score (nSPS) is 22.3. The van der Waals surface area contributed by atoms with E-state index in [1.165, 1.54) is 0 Å². The molecule has 2 N–H and O–H groups in total. The number of ether oxygens (including phenoxy) is 1. The molecule has 1 saturated heterocycles. The van der Waals surface area contributed by atoms with E-state index in [4.69, 9.17) is 15.0 Å². The molecule has 2 heterocycles. The van der Waals surface area contributed by atoms with E-state index in [0.717, 1.165) is 9.37 Å². The van der Waals surface area contributed by atoms with Crippen LogP contribution in [0.3, 0.4) is 0 Å². The van der Waals surface area contributed by atoms with Gasteiger partial charge in [0.1, 0.15) is 5.54 Å². The molecule has 20 heavy (non-hydrogen) atoms. The zero-order valence-electron chi connectivity index (χ0n) is 10.7. The molecule has 0 aliphatic carbocycles. The molecule has 0 amide bonds. The van der Waals surface area contributed by atoms with E-state index in [1.807, 2.05) is 24.3 Å². The molecule has 1 aromatic carbocycles. The number of halogens is 1. The van der Waals surface area contributed by atoms with Crippen LogP contribution in [0.2, 0.25) is 0 Å². The summed E-state index contributed by atoms with van der Waals surface area (Å²) in [6, 6.07) is 8.11. The molecule has 1 atom stereocenters. The van der Waals surface area contributed by atoms with Crippen LogP contribution in [0.25, 0.3) is 0 Å². The van der Waals surface area contributed by atoms with Crippen LogP contribution < -0.4 is 5.73 Å². The Morgan fingerprint density at radius 3 is 2.85 bits per heavy atom. The van der Waals surface area contributed by atoms with Crippen LogP contribution in [0.4, 0.5) is 0 Å². The largest absolute Gasteiger partial charge is 0.379 e. The Bertz CT molecular complexity index is 582. The molecule has 1 aliphatic heterocycles. The van der Waals surface area contributed by atoms with Gasteiger partial charge in [0.15, 0.2) is 5.82 Å². The summed E-state index contributed by atoms with van der Waals surface area (Å²) in [5.74, 6) is 1.79. The molecule has 106 valence electrons. The van der Waals surface area contributed by atoms with Gasteiger partial charge >= 0.3 is 0 Å². The molecule has 3 rings (SSSR count). The highest BCUT2D eigenvalue weighted by Crippen LogP contribution is 2.28. The van der Waals surface area contributed by atoms with Gasteiger partial charge in [-0.3, -0.25) is 0 Å². The average molecular weight is 356 g/mol. The summed E-state index contributed by atoms with van der Waals surface area (Å²) < 4.78 is 11.6. The Balaban J connectivity index is 1.64. The minimum Gasteiger partial charge on any atom is -0.379 e. The predicted octanol–water partition coefficient (Wildman–Crippen LogP) is 2.70. The maximum Gasteiger partial charge on any atom is 0.249 e. The lowest BCUT2D eigenvalue weighted by atomic mass is 10.0. The van der Waals surface area contributed by atoms with Crippen LogP contribution in [0.5, 0.6) is 0 Å². The minimum atomic E-state index is -0.618. The van der Waals surface area contributed by atoms with Crippen LogP contribution in [-0.2, 0) is 16.0 Å². The van der Waals surface area contributed by atoms with Crippen molar-refractivity contribution < 1.29 is 9.26 Å². The van der Waals surface area contributed by atoms with Crippen LogP contribution in [0, 0.1) is 0 Å². The van der Waals surface area contributed by atoms with Gasteiger partial charge in [0.05, 0.1) is 12.4 Å². The third-order valence-corrected chi connectivity index (χ3v) is 4.66. The maximum atomic E-state index is 6.18. The Hall–Kier alpha value is -0.890. The van der Waals surface area contributed by atoms with Gasteiger partial charge in [0, 0.05) is 16.0 Å². The fourth-order valence-electron chi connectivity index (χ4n) is 1.94. The van der Waals surface area contributed by atoms with Gasteiger partial charge in [-0.2, -0.15) is 4.98 Å². The SMILES string of the molecule is NC1(c2nc(CSc3ccc(Br)cc3)no2)CCOC1. The molecular weight excluding hydrogens is 342 g/mol. The summed E-state index contributed by atoms with van der Waals surface area (Å²) >= 11 is 5.07. The zero-order valence-corrected chi connectivity index (χ0v) is 13.1. The minimum absolute atomic E-state index is 0.439. The number of benzene rings is 1. The number of rotatable bonds is 4. The number of thioether (sulfide) groups is 1. The summed E-state index contributed by atoms with van der Waals surface area (Å²) in [6.07, 6.45) is 0.717. The smallest absolute Gasteiger partial charge is 0.249 e. The van der Waals surface area contributed by atoms with E-state index in [1.54, 1.807) is 11.8 Å². The Morgan fingerprint density at radius 1 is 1.35 bits per heavy atom. The molecule has 0 radical (unpaired) electrons. The lowest BCUT2D eigenvalue weighted by Crippen LogP contribution is -2.37. The lowest BCUT2D eigenvalue weighted by molar-refractivity contribution is 0.166. The van der Waals surface area contributed by atoms with Crippen molar-refractivity contribution >= 4 is 27.7 Å². The fraction of sp³-hybridized carbons (Fsp3) is 0.385. The number of hydrogen-bond acceptors (Lipinski definition) is 6. The average Bonchev–Trinajstić information content (AvgIpc) is 3.08. The van der Waals surface area contributed by atoms with Crippen LogP contribution in [-0.4, -0.2) is 23.4 Å². The highest BCUT2D eigenvalue weighted by atomic mass is 79.9. The van der Waals surface area contributed by atoms with Crippen LogP contribution in [0.15, 0.2) is 38.2 Å². The zero-order chi connectivity index (χ0) is 14.0. The van der Waals surface area contributed by atoms with Crippen molar-refractivity contribution in [2.24, 2.45) is 5.73 Å². The van der Waals surface area contributed by atoms with Crippen molar-refractivity contribution in [2.75, 3.05) is 13.2 Å². The van der Waals surface area contributed by atoms with Crippen molar-refractivity contribution in [2.45, 2.75) is 22.6 Å². The molecule has 1 aliphatic rings.